The lowest BCUT2D eigenvalue weighted by Gasteiger charge is -2.15. The van der Waals surface area contributed by atoms with E-state index < -0.39 is 56.0 Å². The molecule has 0 aliphatic heterocycles. The summed E-state index contributed by atoms with van der Waals surface area (Å²) >= 11 is 0. The van der Waals surface area contributed by atoms with E-state index in [0.29, 0.717) is 0 Å². The first-order chi connectivity index (χ1) is 20.7. The van der Waals surface area contributed by atoms with Gasteiger partial charge in [0, 0.05) is 24.8 Å². The highest BCUT2D eigenvalue weighted by molar-refractivity contribution is 7.89. The number of pyridine rings is 2. The molecule has 2 N–H and O–H groups in total. The van der Waals surface area contributed by atoms with E-state index in [1.54, 1.807) is 0 Å². The van der Waals surface area contributed by atoms with Crippen LogP contribution in [0.1, 0.15) is 34.6 Å². The summed E-state index contributed by atoms with van der Waals surface area (Å²) in [5.41, 5.74) is -0.221. The third-order valence-corrected chi connectivity index (χ3v) is 8.54. The Morgan fingerprint density at radius 1 is 0.636 bits per heavy atom. The highest BCUT2D eigenvalue weighted by atomic mass is 32.2. The van der Waals surface area contributed by atoms with Crippen molar-refractivity contribution in [2.45, 2.75) is 35.7 Å². The van der Waals surface area contributed by atoms with Crippen molar-refractivity contribution in [3.8, 4) is 11.5 Å². The Bertz CT molecular complexity index is 1650. The van der Waals surface area contributed by atoms with Crippen LogP contribution < -0.4 is 18.9 Å². The van der Waals surface area contributed by atoms with E-state index in [0.717, 1.165) is 51.1 Å². The summed E-state index contributed by atoms with van der Waals surface area (Å²) in [6, 6.07) is 4.35. The van der Waals surface area contributed by atoms with Crippen LogP contribution in [0.2, 0.25) is 0 Å². The standard InChI is InChI=1S/C26H26N4O12S2/c1-15(29-43(35,36)21-9-17(11-27-13-21)25(33)39-3)23(31)41-19-5-7-20(8-6-19)42-24(32)16(2)30-44(37,38)22-10-18(12-28-14-22)26(34)40-4/h5-16,29-30H,1-4H3/t15-,16-/m0/s1. The maximum Gasteiger partial charge on any atom is 0.339 e. The van der Waals surface area contributed by atoms with Gasteiger partial charge in [0.2, 0.25) is 20.0 Å². The maximum absolute atomic E-state index is 12.7. The SMILES string of the molecule is COC(=O)c1cncc(S(=O)(=O)N[C@@H](C)C(=O)Oc2ccc(OC(=O)[C@H](C)NS(=O)(=O)c3cncc(C(=O)OC)c3)cc2)c1. The topological polar surface area (TPSA) is 223 Å². The molecule has 2 atom stereocenters. The largest absolute Gasteiger partial charge is 0.465 e. The number of aromatic nitrogens is 2. The number of sulfonamides is 2. The van der Waals surface area contributed by atoms with Crippen LogP contribution >= 0.6 is 0 Å². The van der Waals surface area contributed by atoms with Gasteiger partial charge in [0.25, 0.3) is 0 Å². The van der Waals surface area contributed by atoms with Crippen molar-refractivity contribution in [3.63, 3.8) is 0 Å². The maximum atomic E-state index is 12.7. The lowest BCUT2D eigenvalue weighted by molar-refractivity contribution is -0.136. The van der Waals surface area contributed by atoms with Gasteiger partial charge in [0.15, 0.2) is 0 Å². The molecule has 234 valence electrons. The van der Waals surface area contributed by atoms with Gasteiger partial charge in [-0.2, -0.15) is 9.44 Å². The molecule has 3 aromatic rings. The van der Waals surface area contributed by atoms with Gasteiger partial charge in [-0.25, -0.2) is 36.0 Å². The van der Waals surface area contributed by atoms with Crippen molar-refractivity contribution in [2.24, 2.45) is 0 Å². The minimum Gasteiger partial charge on any atom is -0.465 e. The normalized spacial score (nSPS) is 12.8. The second-order valence-electron chi connectivity index (χ2n) is 8.80. The van der Waals surface area contributed by atoms with Gasteiger partial charge >= 0.3 is 23.9 Å². The number of ether oxygens (including phenoxy) is 4. The van der Waals surface area contributed by atoms with Crippen LogP contribution in [-0.4, -0.2) is 77.0 Å². The first-order valence-electron chi connectivity index (χ1n) is 12.3. The smallest absolute Gasteiger partial charge is 0.339 e. The molecular formula is C26H26N4O12S2. The Kier molecular flexibility index (Phi) is 10.8. The Morgan fingerprint density at radius 3 is 1.30 bits per heavy atom. The Labute approximate surface area is 251 Å². The minimum absolute atomic E-state index is 0.0260. The molecule has 0 unspecified atom stereocenters. The van der Waals surface area contributed by atoms with Crippen LogP contribution in [0.5, 0.6) is 11.5 Å². The first-order valence-corrected chi connectivity index (χ1v) is 15.3. The van der Waals surface area contributed by atoms with Crippen molar-refractivity contribution in [3.05, 3.63) is 72.3 Å². The molecule has 0 aliphatic carbocycles. The van der Waals surface area contributed by atoms with Crippen LogP contribution in [0.3, 0.4) is 0 Å². The van der Waals surface area contributed by atoms with Gasteiger partial charge in [-0.05, 0) is 50.2 Å². The zero-order valence-corrected chi connectivity index (χ0v) is 25.2. The molecule has 18 heteroatoms. The van der Waals surface area contributed by atoms with E-state index in [4.69, 9.17) is 9.47 Å². The van der Waals surface area contributed by atoms with Crippen molar-refractivity contribution in [1.29, 1.82) is 0 Å². The summed E-state index contributed by atoms with van der Waals surface area (Å²) in [4.78, 5) is 55.0. The summed E-state index contributed by atoms with van der Waals surface area (Å²) in [5.74, 6) is -3.61. The van der Waals surface area contributed by atoms with E-state index in [2.05, 4.69) is 28.9 Å². The number of hydrogen-bond acceptors (Lipinski definition) is 14. The van der Waals surface area contributed by atoms with E-state index in [-0.39, 0.29) is 32.4 Å². The van der Waals surface area contributed by atoms with Crippen LogP contribution in [-0.2, 0) is 39.1 Å². The predicted molar refractivity (Wildman–Crippen MR) is 148 cm³/mol. The van der Waals surface area contributed by atoms with Gasteiger partial charge < -0.3 is 18.9 Å². The number of rotatable bonds is 12. The van der Waals surface area contributed by atoms with Crippen molar-refractivity contribution >= 4 is 43.9 Å². The molecule has 0 amide bonds. The molecular weight excluding hydrogens is 624 g/mol. The van der Waals surface area contributed by atoms with Gasteiger partial charge in [-0.1, -0.05) is 0 Å². The highest BCUT2D eigenvalue weighted by Crippen LogP contribution is 2.20. The van der Waals surface area contributed by atoms with Gasteiger partial charge in [0.1, 0.15) is 33.4 Å². The lowest BCUT2D eigenvalue weighted by Crippen LogP contribution is -2.41. The second-order valence-corrected chi connectivity index (χ2v) is 12.2. The van der Waals surface area contributed by atoms with Crippen molar-refractivity contribution < 1.29 is 55.0 Å². The fourth-order valence-corrected chi connectivity index (χ4v) is 5.63. The molecule has 0 aliphatic rings. The quantitative estimate of drug-likeness (QED) is 0.202. The molecule has 2 heterocycles. The number of benzene rings is 1. The molecule has 44 heavy (non-hydrogen) atoms. The molecule has 0 fully saturated rings. The summed E-state index contributed by atoms with van der Waals surface area (Å²) in [5, 5.41) is 0. The van der Waals surface area contributed by atoms with Gasteiger partial charge in [-0.3, -0.25) is 9.97 Å². The van der Waals surface area contributed by atoms with Crippen LogP contribution in [0, 0.1) is 0 Å². The molecule has 0 saturated carbocycles. The number of methoxy groups -OCH3 is 2. The number of carbonyl (C=O) groups is 4. The molecule has 0 radical (unpaired) electrons. The van der Waals surface area contributed by atoms with E-state index in [1.165, 1.54) is 38.1 Å². The lowest BCUT2D eigenvalue weighted by atomic mass is 10.3. The summed E-state index contributed by atoms with van der Waals surface area (Å²) in [6.45, 7) is 2.47. The van der Waals surface area contributed by atoms with E-state index in [9.17, 15) is 36.0 Å². The molecule has 2 aromatic heterocycles. The first kappa shape index (κ1) is 33.7. The van der Waals surface area contributed by atoms with Gasteiger partial charge in [0.05, 0.1) is 25.3 Å². The fourth-order valence-electron chi connectivity index (χ4n) is 3.27. The van der Waals surface area contributed by atoms with Crippen molar-refractivity contribution in [2.75, 3.05) is 14.2 Å². The molecule has 3 rings (SSSR count). The number of esters is 4. The molecule has 1 aromatic carbocycles. The zero-order valence-electron chi connectivity index (χ0n) is 23.5. The predicted octanol–water partition coefficient (Wildman–Crippen LogP) is 0.595. The average molecular weight is 651 g/mol. The number of hydrogen-bond donors (Lipinski definition) is 2. The summed E-state index contributed by atoms with van der Waals surface area (Å²) < 4.78 is 74.3. The monoisotopic (exact) mass is 650 g/mol. The van der Waals surface area contributed by atoms with Crippen LogP contribution in [0.15, 0.2) is 71.0 Å². The van der Waals surface area contributed by atoms with Crippen molar-refractivity contribution in [1.82, 2.24) is 19.4 Å². The number of nitrogens with zero attached hydrogens (tertiary/aromatic N) is 2. The highest BCUT2D eigenvalue weighted by Gasteiger charge is 2.26. The molecule has 0 spiro atoms. The number of carbonyl (C=O) groups excluding carboxylic acids is 4. The minimum atomic E-state index is -4.28. The van der Waals surface area contributed by atoms with Crippen LogP contribution in [0.4, 0.5) is 0 Å². The van der Waals surface area contributed by atoms with E-state index >= 15 is 0 Å². The third-order valence-electron chi connectivity index (χ3n) is 5.52. The Hall–Kier alpha value is -4.78. The van der Waals surface area contributed by atoms with E-state index in [1.807, 2.05) is 0 Å². The fraction of sp³-hybridized carbons (Fsp3) is 0.231. The Morgan fingerprint density at radius 2 is 0.977 bits per heavy atom. The average Bonchev–Trinajstić information content (AvgIpc) is 3.00. The Balaban J connectivity index is 1.58. The number of nitrogens with one attached hydrogen (secondary N) is 2. The zero-order chi connectivity index (χ0) is 32.7. The molecule has 16 nitrogen and oxygen atoms in total. The third kappa shape index (κ3) is 8.63. The van der Waals surface area contributed by atoms with Gasteiger partial charge in [-0.15, -0.1) is 0 Å². The second kappa shape index (κ2) is 14.1. The summed E-state index contributed by atoms with van der Waals surface area (Å²) in [7, 11) is -6.31. The summed E-state index contributed by atoms with van der Waals surface area (Å²) in [6.07, 6.45) is 4.21. The molecule has 0 bridgehead atoms. The van der Waals surface area contributed by atoms with Crippen LogP contribution in [0.25, 0.3) is 0 Å². The molecule has 0 saturated heterocycles.